The molecule has 0 radical (unpaired) electrons. The summed E-state index contributed by atoms with van der Waals surface area (Å²) in [6.45, 7) is 0.878. The van der Waals surface area contributed by atoms with Gasteiger partial charge in [-0.1, -0.05) is 18.2 Å². The summed E-state index contributed by atoms with van der Waals surface area (Å²) in [5.74, 6) is 2.23. The predicted octanol–water partition coefficient (Wildman–Crippen LogP) is 3.68. The molecule has 142 valence electrons. The second-order valence-corrected chi connectivity index (χ2v) is 6.13. The van der Waals surface area contributed by atoms with Crippen LogP contribution in [0.2, 0.25) is 0 Å². The van der Waals surface area contributed by atoms with Crippen LogP contribution in [-0.4, -0.2) is 24.8 Å². The van der Waals surface area contributed by atoms with Gasteiger partial charge in [-0.15, -0.1) is 0 Å². The number of carbonyl (C=O) groups is 1. The molecule has 4 rings (SSSR count). The van der Waals surface area contributed by atoms with E-state index >= 15 is 0 Å². The van der Waals surface area contributed by atoms with E-state index < -0.39 is 0 Å². The van der Waals surface area contributed by atoms with Gasteiger partial charge in [-0.2, -0.15) is 0 Å². The molecule has 0 spiro atoms. The summed E-state index contributed by atoms with van der Waals surface area (Å²) in [7, 11) is 1.53. The molecule has 0 fully saturated rings. The van der Waals surface area contributed by atoms with Gasteiger partial charge in [0.15, 0.2) is 11.5 Å². The largest absolute Gasteiger partial charge is 0.496 e. The quantitative estimate of drug-likeness (QED) is 0.682. The van der Waals surface area contributed by atoms with Crippen molar-refractivity contribution in [2.45, 2.75) is 6.54 Å². The highest BCUT2D eigenvalue weighted by Crippen LogP contribution is 2.32. The highest BCUT2D eigenvalue weighted by Gasteiger charge is 2.13. The second-order valence-electron chi connectivity index (χ2n) is 6.13. The maximum absolute atomic E-state index is 12.4. The number of pyridine rings is 1. The maximum Gasteiger partial charge on any atom is 0.260 e. The Morgan fingerprint density at radius 2 is 1.96 bits per heavy atom. The number of fused-ring (bicyclic) bond motifs is 1. The van der Waals surface area contributed by atoms with Crippen molar-refractivity contribution in [3.63, 3.8) is 0 Å². The van der Waals surface area contributed by atoms with Crippen molar-refractivity contribution in [2.24, 2.45) is 0 Å². The molecule has 2 N–H and O–H groups in total. The summed E-state index contributed by atoms with van der Waals surface area (Å²) in [6.07, 6.45) is 1.67. The van der Waals surface area contributed by atoms with Crippen molar-refractivity contribution < 1.29 is 19.0 Å². The van der Waals surface area contributed by atoms with Gasteiger partial charge in [-0.3, -0.25) is 4.79 Å². The molecule has 0 bridgehead atoms. The molecule has 7 heteroatoms. The van der Waals surface area contributed by atoms with Gasteiger partial charge in [0.25, 0.3) is 5.91 Å². The minimum absolute atomic E-state index is 0.262. The molecule has 2 aromatic carbocycles. The summed E-state index contributed by atoms with van der Waals surface area (Å²) in [5, 5.41) is 6.06. The van der Waals surface area contributed by atoms with Gasteiger partial charge in [0, 0.05) is 6.54 Å². The Labute approximate surface area is 162 Å². The van der Waals surface area contributed by atoms with Gasteiger partial charge in [0.05, 0.1) is 24.6 Å². The molecular weight excluding hydrogens is 358 g/mol. The van der Waals surface area contributed by atoms with Gasteiger partial charge in [0.2, 0.25) is 6.79 Å². The lowest BCUT2D eigenvalue weighted by atomic mass is 10.2. The predicted molar refractivity (Wildman–Crippen MR) is 105 cm³/mol. The number of para-hydroxylation sites is 1. The van der Waals surface area contributed by atoms with Crippen molar-refractivity contribution in [1.82, 2.24) is 4.98 Å². The van der Waals surface area contributed by atoms with Crippen molar-refractivity contribution in [3.05, 3.63) is 71.9 Å². The van der Waals surface area contributed by atoms with Crippen LogP contribution in [0.15, 0.2) is 60.8 Å². The highest BCUT2D eigenvalue weighted by molar-refractivity contribution is 6.05. The molecule has 1 aliphatic heterocycles. The molecule has 1 amide bonds. The fraction of sp³-hybridized carbons (Fsp3) is 0.143. The minimum atomic E-state index is -0.272. The number of benzene rings is 2. The SMILES string of the molecule is COc1ccccc1C(=O)Nc1ccc(NCc2ccc3c(c2)OCO3)cn1. The fourth-order valence-electron chi connectivity index (χ4n) is 2.84. The topological polar surface area (TPSA) is 81.7 Å². The highest BCUT2D eigenvalue weighted by atomic mass is 16.7. The Kier molecular flexibility index (Phi) is 4.97. The third kappa shape index (κ3) is 3.83. The number of nitrogens with one attached hydrogen (secondary N) is 2. The van der Waals surface area contributed by atoms with E-state index in [4.69, 9.17) is 14.2 Å². The standard InChI is InChI=1S/C21H19N3O4/c1-26-17-5-3-2-4-16(17)21(25)24-20-9-7-15(12-23-20)22-11-14-6-8-18-19(10-14)28-13-27-18/h2-10,12,22H,11,13H2,1H3,(H,23,24,25). The first-order chi connectivity index (χ1) is 13.7. The lowest BCUT2D eigenvalue weighted by molar-refractivity contribution is 0.102. The average Bonchev–Trinajstić information content (AvgIpc) is 3.21. The zero-order valence-electron chi connectivity index (χ0n) is 15.3. The average molecular weight is 377 g/mol. The smallest absolute Gasteiger partial charge is 0.260 e. The fourth-order valence-corrected chi connectivity index (χ4v) is 2.84. The van der Waals surface area contributed by atoms with Gasteiger partial charge in [-0.05, 0) is 42.0 Å². The molecule has 0 saturated carbocycles. The Morgan fingerprint density at radius 3 is 2.79 bits per heavy atom. The normalized spacial score (nSPS) is 11.8. The van der Waals surface area contributed by atoms with Crippen LogP contribution in [0.4, 0.5) is 11.5 Å². The molecule has 28 heavy (non-hydrogen) atoms. The first-order valence-electron chi connectivity index (χ1n) is 8.76. The molecule has 3 aromatic rings. The molecule has 2 heterocycles. The van der Waals surface area contributed by atoms with Crippen LogP contribution in [0.3, 0.4) is 0 Å². The van der Waals surface area contributed by atoms with E-state index in [0.717, 1.165) is 22.7 Å². The summed E-state index contributed by atoms with van der Waals surface area (Å²) in [4.78, 5) is 16.7. The van der Waals surface area contributed by atoms with Crippen LogP contribution < -0.4 is 24.8 Å². The number of carbonyl (C=O) groups excluding carboxylic acids is 1. The minimum Gasteiger partial charge on any atom is -0.496 e. The van der Waals surface area contributed by atoms with Gasteiger partial charge in [0.1, 0.15) is 11.6 Å². The Morgan fingerprint density at radius 1 is 1.11 bits per heavy atom. The summed E-state index contributed by atoms with van der Waals surface area (Å²) in [6, 6.07) is 16.5. The number of ether oxygens (including phenoxy) is 3. The monoisotopic (exact) mass is 377 g/mol. The first kappa shape index (κ1) is 17.7. The van der Waals surface area contributed by atoms with Crippen LogP contribution in [0.25, 0.3) is 0 Å². The Hall–Kier alpha value is -3.74. The first-order valence-corrected chi connectivity index (χ1v) is 8.76. The van der Waals surface area contributed by atoms with Crippen molar-refractivity contribution >= 4 is 17.4 Å². The molecule has 7 nitrogen and oxygen atoms in total. The second kappa shape index (κ2) is 7.87. The van der Waals surface area contributed by atoms with Crippen molar-refractivity contribution in [3.8, 4) is 17.2 Å². The number of hydrogen-bond acceptors (Lipinski definition) is 6. The van der Waals surface area contributed by atoms with E-state index in [2.05, 4.69) is 15.6 Å². The molecule has 1 aromatic heterocycles. The lowest BCUT2D eigenvalue weighted by Crippen LogP contribution is -2.14. The van der Waals surface area contributed by atoms with E-state index in [9.17, 15) is 4.79 Å². The number of rotatable bonds is 6. The van der Waals surface area contributed by atoms with E-state index in [0.29, 0.717) is 23.7 Å². The van der Waals surface area contributed by atoms with Crippen LogP contribution in [0.5, 0.6) is 17.2 Å². The molecule has 0 atom stereocenters. The Bertz CT molecular complexity index is 989. The number of nitrogens with zero attached hydrogens (tertiary/aromatic N) is 1. The summed E-state index contributed by atoms with van der Waals surface area (Å²) in [5.41, 5.74) is 2.36. The Balaban J connectivity index is 1.36. The van der Waals surface area contributed by atoms with Gasteiger partial charge < -0.3 is 24.8 Å². The lowest BCUT2D eigenvalue weighted by Gasteiger charge is -2.10. The molecule has 0 saturated heterocycles. The van der Waals surface area contributed by atoms with Crippen molar-refractivity contribution in [2.75, 3.05) is 24.5 Å². The molecule has 0 aliphatic carbocycles. The van der Waals surface area contributed by atoms with E-state index in [1.165, 1.54) is 7.11 Å². The van der Waals surface area contributed by atoms with Gasteiger partial charge >= 0.3 is 0 Å². The number of hydrogen-bond donors (Lipinski definition) is 2. The van der Waals surface area contributed by atoms with Crippen LogP contribution in [-0.2, 0) is 6.54 Å². The van der Waals surface area contributed by atoms with E-state index in [-0.39, 0.29) is 12.7 Å². The third-order valence-corrected chi connectivity index (χ3v) is 4.29. The van der Waals surface area contributed by atoms with Gasteiger partial charge in [-0.25, -0.2) is 4.98 Å². The number of anilines is 2. The zero-order valence-corrected chi connectivity index (χ0v) is 15.3. The summed E-state index contributed by atoms with van der Waals surface area (Å²) >= 11 is 0. The summed E-state index contributed by atoms with van der Waals surface area (Å²) < 4.78 is 15.9. The van der Waals surface area contributed by atoms with Crippen molar-refractivity contribution in [1.29, 1.82) is 0 Å². The van der Waals surface area contributed by atoms with Crippen LogP contribution in [0.1, 0.15) is 15.9 Å². The molecule has 0 unspecified atom stereocenters. The zero-order chi connectivity index (χ0) is 19.3. The third-order valence-electron chi connectivity index (χ3n) is 4.29. The number of methoxy groups -OCH3 is 1. The van der Waals surface area contributed by atoms with Crippen LogP contribution >= 0.6 is 0 Å². The van der Waals surface area contributed by atoms with E-state index in [1.807, 2.05) is 30.3 Å². The number of aromatic nitrogens is 1. The van der Waals surface area contributed by atoms with E-state index in [1.54, 1.807) is 30.5 Å². The molecular formula is C21H19N3O4. The molecule has 1 aliphatic rings. The van der Waals surface area contributed by atoms with Crippen LogP contribution in [0, 0.1) is 0 Å². The maximum atomic E-state index is 12.4. The number of amides is 1.